The molecule has 2 saturated heterocycles. The van der Waals surface area contributed by atoms with E-state index in [1.807, 2.05) is 4.90 Å². The van der Waals surface area contributed by atoms with Crippen molar-refractivity contribution in [2.75, 3.05) is 13.1 Å². The molecule has 2 atom stereocenters. The zero-order valence-corrected chi connectivity index (χ0v) is 8.74. The summed E-state index contributed by atoms with van der Waals surface area (Å²) in [4.78, 5) is 24.9. The van der Waals surface area contributed by atoms with Gasteiger partial charge in [-0.1, -0.05) is 0 Å². The average Bonchev–Trinajstić information content (AvgIpc) is 2.84. The first-order valence-corrected chi connectivity index (χ1v) is 5.52. The van der Waals surface area contributed by atoms with E-state index in [0.717, 1.165) is 19.4 Å². The number of carbonyl (C=O) groups is 2. The highest BCUT2D eigenvalue weighted by Gasteiger charge is 2.35. The molecule has 2 amide bonds. The minimum atomic E-state index is -0.301. The van der Waals surface area contributed by atoms with Crippen LogP contribution in [-0.4, -0.2) is 41.9 Å². The molecule has 0 aromatic rings. The second-order valence-electron chi connectivity index (χ2n) is 4.22. The summed E-state index contributed by atoms with van der Waals surface area (Å²) in [5.41, 5.74) is 5.61. The number of amides is 2. The SMILES string of the molecule is NCC1CCCN1C(=O)[C@H]1CCC(=O)N1. The van der Waals surface area contributed by atoms with Gasteiger partial charge in [-0.25, -0.2) is 0 Å². The smallest absolute Gasteiger partial charge is 0.245 e. The number of hydrogen-bond donors (Lipinski definition) is 2. The molecule has 1 unspecified atom stereocenters. The van der Waals surface area contributed by atoms with Crippen LogP contribution < -0.4 is 11.1 Å². The Hall–Kier alpha value is -1.10. The quantitative estimate of drug-likeness (QED) is 0.629. The van der Waals surface area contributed by atoms with Gasteiger partial charge in [-0.3, -0.25) is 9.59 Å². The number of carbonyl (C=O) groups excluding carboxylic acids is 2. The predicted molar refractivity (Wildman–Crippen MR) is 55.0 cm³/mol. The van der Waals surface area contributed by atoms with Gasteiger partial charge in [-0.2, -0.15) is 0 Å². The van der Waals surface area contributed by atoms with Gasteiger partial charge in [0.15, 0.2) is 0 Å². The molecule has 0 spiro atoms. The molecular weight excluding hydrogens is 194 g/mol. The highest BCUT2D eigenvalue weighted by Crippen LogP contribution is 2.19. The Morgan fingerprint density at radius 3 is 2.93 bits per heavy atom. The Balaban J connectivity index is 1.98. The van der Waals surface area contributed by atoms with Crippen LogP contribution in [0, 0.1) is 0 Å². The van der Waals surface area contributed by atoms with Crippen molar-refractivity contribution in [3.63, 3.8) is 0 Å². The monoisotopic (exact) mass is 211 g/mol. The van der Waals surface area contributed by atoms with Gasteiger partial charge in [0.2, 0.25) is 11.8 Å². The maximum atomic E-state index is 12.0. The third kappa shape index (κ3) is 1.97. The van der Waals surface area contributed by atoms with Crippen molar-refractivity contribution >= 4 is 11.8 Å². The van der Waals surface area contributed by atoms with Gasteiger partial charge in [-0.15, -0.1) is 0 Å². The van der Waals surface area contributed by atoms with Crippen molar-refractivity contribution < 1.29 is 9.59 Å². The van der Waals surface area contributed by atoms with Gasteiger partial charge in [0.05, 0.1) is 0 Å². The minimum Gasteiger partial charge on any atom is -0.344 e. The van der Waals surface area contributed by atoms with Crippen molar-refractivity contribution in [3.05, 3.63) is 0 Å². The van der Waals surface area contributed by atoms with E-state index in [1.165, 1.54) is 0 Å². The van der Waals surface area contributed by atoms with Crippen LogP contribution in [0.3, 0.4) is 0 Å². The fourth-order valence-corrected chi connectivity index (χ4v) is 2.37. The first-order chi connectivity index (χ1) is 7.22. The van der Waals surface area contributed by atoms with Crippen molar-refractivity contribution in [1.82, 2.24) is 10.2 Å². The van der Waals surface area contributed by atoms with Gasteiger partial charge >= 0.3 is 0 Å². The normalized spacial score (nSPS) is 30.7. The highest BCUT2D eigenvalue weighted by atomic mass is 16.2. The van der Waals surface area contributed by atoms with Crippen LogP contribution in [0.1, 0.15) is 25.7 Å². The summed E-state index contributed by atoms with van der Waals surface area (Å²) in [6.07, 6.45) is 3.11. The number of nitrogens with one attached hydrogen (secondary N) is 1. The third-order valence-electron chi connectivity index (χ3n) is 3.23. The molecule has 3 N–H and O–H groups in total. The minimum absolute atomic E-state index is 0.0168. The number of nitrogens with zero attached hydrogens (tertiary/aromatic N) is 1. The molecule has 0 aromatic carbocycles. The zero-order valence-electron chi connectivity index (χ0n) is 8.74. The van der Waals surface area contributed by atoms with Crippen molar-refractivity contribution in [2.24, 2.45) is 5.73 Å². The zero-order chi connectivity index (χ0) is 10.8. The van der Waals surface area contributed by atoms with E-state index in [0.29, 0.717) is 19.4 Å². The lowest BCUT2D eigenvalue weighted by Crippen LogP contribution is -2.48. The summed E-state index contributed by atoms with van der Waals surface area (Å²) < 4.78 is 0. The molecule has 0 radical (unpaired) electrons. The lowest BCUT2D eigenvalue weighted by atomic mass is 10.1. The van der Waals surface area contributed by atoms with Gasteiger partial charge in [0.1, 0.15) is 6.04 Å². The van der Waals surface area contributed by atoms with Gasteiger partial charge < -0.3 is 16.0 Å². The summed E-state index contributed by atoms with van der Waals surface area (Å²) in [6, 6.07) is -0.125. The van der Waals surface area contributed by atoms with Gasteiger partial charge in [0.25, 0.3) is 0 Å². The summed E-state index contributed by atoms with van der Waals surface area (Å²) in [5.74, 6) is 0.0330. The second-order valence-corrected chi connectivity index (χ2v) is 4.22. The third-order valence-corrected chi connectivity index (χ3v) is 3.23. The van der Waals surface area contributed by atoms with E-state index in [2.05, 4.69) is 5.32 Å². The van der Waals surface area contributed by atoms with E-state index in [-0.39, 0.29) is 23.9 Å². The summed E-state index contributed by atoms with van der Waals surface area (Å²) in [7, 11) is 0. The maximum absolute atomic E-state index is 12.0. The molecule has 2 heterocycles. The first kappa shape index (κ1) is 10.4. The standard InChI is InChI=1S/C10H17N3O2/c11-6-7-2-1-5-13(7)10(15)8-3-4-9(14)12-8/h7-8H,1-6,11H2,(H,12,14)/t7?,8-/m1/s1. The lowest BCUT2D eigenvalue weighted by Gasteiger charge is -2.26. The predicted octanol–water partition coefficient (Wildman–Crippen LogP) is -0.785. The van der Waals surface area contributed by atoms with Crippen LogP contribution in [0.5, 0.6) is 0 Å². The molecule has 5 nitrogen and oxygen atoms in total. The largest absolute Gasteiger partial charge is 0.344 e. The molecule has 2 aliphatic heterocycles. The van der Waals surface area contributed by atoms with Gasteiger partial charge in [-0.05, 0) is 19.3 Å². The number of rotatable bonds is 2. The van der Waals surface area contributed by atoms with Gasteiger partial charge in [0, 0.05) is 25.6 Å². The van der Waals surface area contributed by atoms with E-state index in [4.69, 9.17) is 5.73 Å². The van der Waals surface area contributed by atoms with Crippen LogP contribution in [0.15, 0.2) is 0 Å². The van der Waals surface area contributed by atoms with Crippen LogP contribution in [-0.2, 0) is 9.59 Å². The summed E-state index contributed by atoms with van der Waals surface area (Å²) >= 11 is 0. The molecule has 0 aromatic heterocycles. The Morgan fingerprint density at radius 1 is 1.53 bits per heavy atom. The number of hydrogen-bond acceptors (Lipinski definition) is 3. The summed E-state index contributed by atoms with van der Waals surface area (Å²) in [5, 5.41) is 2.70. The topological polar surface area (TPSA) is 75.4 Å². The van der Waals surface area contributed by atoms with Crippen molar-refractivity contribution in [2.45, 2.75) is 37.8 Å². The average molecular weight is 211 g/mol. The second kappa shape index (κ2) is 4.18. The van der Waals surface area contributed by atoms with E-state index >= 15 is 0 Å². The molecule has 2 aliphatic rings. The molecular formula is C10H17N3O2. The Kier molecular flexibility index (Phi) is 2.90. The molecule has 0 bridgehead atoms. The Morgan fingerprint density at radius 2 is 2.33 bits per heavy atom. The number of likely N-dealkylation sites (tertiary alicyclic amines) is 1. The molecule has 0 aliphatic carbocycles. The van der Waals surface area contributed by atoms with Crippen molar-refractivity contribution in [3.8, 4) is 0 Å². The van der Waals surface area contributed by atoms with Crippen LogP contribution >= 0.6 is 0 Å². The molecule has 2 fully saturated rings. The van der Waals surface area contributed by atoms with Crippen LogP contribution in [0.25, 0.3) is 0 Å². The van der Waals surface area contributed by atoms with E-state index in [9.17, 15) is 9.59 Å². The van der Waals surface area contributed by atoms with E-state index < -0.39 is 0 Å². The first-order valence-electron chi connectivity index (χ1n) is 5.52. The Bertz CT molecular complexity index is 280. The van der Waals surface area contributed by atoms with E-state index in [1.54, 1.807) is 0 Å². The van der Waals surface area contributed by atoms with Crippen LogP contribution in [0.2, 0.25) is 0 Å². The molecule has 2 rings (SSSR count). The molecule has 84 valence electrons. The molecule has 0 saturated carbocycles. The molecule has 15 heavy (non-hydrogen) atoms. The summed E-state index contributed by atoms with van der Waals surface area (Å²) in [6.45, 7) is 1.31. The van der Waals surface area contributed by atoms with Crippen molar-refractivity contribution in [1.29, 1.82) is 0 Å². The molecule has 5 heteroatoms. The maximum Gasteiger partial charge on any atom is 0.245 e. The fraction of sp³-hybridized carbons (Fsp3) is 0.800. The highest BCUT2D eigenvalue weighted by molar-refractivity contribution is 5.91. The van der Waals surface area contributed by atoms with Crippen LogP contribution in [0.4, 0.5) is 0 Å². The fourth-order valence-electron chi connectivity index (χ4n) is 2.37. The Labute approximate surface area is 89.0 Å². The lowest BCUT2D eigenvalue weighted by molar-refractivity contribution is -0.135. The number of nitrogens with two attached hydrogens (primary N) is 1.